The quantitative estimate of drug-likeness (QED) is 0.400. The lowest BCUT2D eigenvalue weighted by atomic mass is 10.1. The van der Waals surface area contributed by atoms with Gasteiger partial charge in [0.25, 0.3) is 5.91 Å². The zero-order valence-corrected chi connectivity index (χ0v) is 18.9. The van der Waals surface area contributed by atoms with Gasteiger partial charge in [0, 0.05) is 18.4 Å². The van der Waals surface area contributed by atoms with E-state index in [1.807, 2.05) is 62.4 Å². The van der Waals surface area contributed by atoms with Gasteiger partial charge in [-0.3, -0.25) is 9.78 Å². The summed E-state index contributed by atoms with van der Waals surface area (Å²) in [4.78, 5) is 17.3. The average Bonchev–Trinajstić information content (AvgIpc) is 2.73. The predicted octanol–water partition coefficient (Wildman–Crippen LogP) is 6.68. The second kappa shape index (κ2) is 10.4. The molecule has 0 spiro atoms. The first-order chi connectivity index (χ1) is 14.5. The standard InChI is InChI=1S/C24H25BrN2O3/c1-4-14-29-17(3)22-13-12-20(16(2)26-22)24(28)27-18-8-7-9-19(15-18)30-23-11-6-5-10-21(23)25/h5-13,15,17H,4,14H2,1-3H3,(H,27,28). The number of ether oxygens (including phenoxy) is 2. The summed E-state index contributed by atoms with van der Waals surface area (Å²) in [5.74, 6) is 1.12. The van der Waals surface area contributed by atoms with Crippen LogP contribution in [0.4, 0.5) is 5.69 Å². The third-order valence-electron chi connectivity index (χ3n) is 4.50. The molecule has 0 radical (unpaired) electrons. The van der Waals surface area contributed by atoms with Gasteiger partial charge in [-0.25, -0.2) is 0 Å². The van der Waals surface area contributed by atoms with E-state index in [1.165, 1.54) is 0 Å². The van der Waals surface area contributed by atoms with E-state index < -0.39 is 0 Å². The second-order valence-electron chi connectivity index (χ2n) is 6.90. The fourth-order valence-electron chi connectivity index (χ4n) is 2.92. The van der Waals surface area contributed by atoms with Crippen LogP contribution in [-0.4, -0.2) is 17.5 Å². The third-order valence-corrected chi connectivity index (χ3v) is 5.15. The van der Waals surface area contributed by atoms with Crippen LogP contribution in [0.3, 0.4) is 0 Å². The van der Waals surface area contributed by atoms with Crippen molar-refractivity contribution in [1.29, 1.82) is 0 Å². The Hall–Kier alpha value is -2.70. The van der Waals surface area contributed by atoms with E-state index >= 15 is 0 Å². The van der Waals surface area contributed by atoms with Crippen molar-refractivity contribution in [2.24, 2.45) is 0 Å². The minimum atomic E-state index is -0.216. The first-order valence-electron chi connectivity index (χ1n) is 9.91. The van der Waals surface area contributed by atoms with Crippen LogP contribution in [0.15, 0.2) is 65.1 Å². The monoisotopic (exact) mass is 468 g/mol. The van der Waals surface area contributed by atoms with Gasteiger partial charge < -0.3 is 14.8 Å². The zero-order chi connectivity index (χ0) is 21.5. The van der Waals surface area contributed by atoms with E-state index in [2.05, 4.69) is 33.2 Å². The van der Waals surface area contributed by atoms with Crippen molar-refractivity contribution in [3.8, 4) is 11.5 Å². The Balaban J connectivity index is 1.71. The van der Waals surface area contributed by atoms with Crippen molar-refractivity contribution in [3.05, 3.63) is 82.1 Å². The number of aryl methyl sites for hydroxylation is 1. The fraction of sp³-hybridized carbons (Fsp3) is 0.250. The van der Waals surface area contributed by atoms with Crippen LogP contribution in [-0.2, 0) is 4.74 Å². The van der Waals surface area contributed by atoms with E-state index in [-0.39, 0.29) is 12.0 Å². The summed E-state index contributed by atoms with van der Waals surface area (Å²) in [5, 5.41) is 2.92. The number of rotatable bonds is 8. The highest BCUT2D eigenvalue weighted by molar-refractivity contribution is 9.10. The van der Waals surface area contributed by atoms with Crippen LogP contribution >= 0.6 is 15.9 Å². The highest BCUT2D eigenvalue weighted by Crippen LogP contribution is 2.30. The molecule has 1 atom stereocenters. The van der Waals surface area contributed by atoms with Gasteiger partial charge >= 0.3 is 0 Å². The van der Waals surface area contributed by atoms with Crippen LogP contribution < -0.4 is 10.1 Å². The van der Waals surface area contributed by atoms with Crippen LogP contribution in [0, 0.1) is 6.92 Å². The second-order valence-corrected chi connectivity index (χ2v) is 7.75. The number of benzene rings is 2. The summed E-state index contributed by atoms with van der Waals surface area (Å²) in [6, 6.07) is 18.5. The fourth-order valence-corrected chi connectivity index (χ4v) is 3.28. The first-order valence-corrected chi connectivity index (χ1v) is 10.7. The molecule has 1 unspecified atom stereocenters. The molecule has 0 bridgehead atoms. The molecule has 0 aliphatic rings. The maximum Gasteiger partial charge on any atom is 0.257 e. The molecular weight excluding hydrogens is 444 g/mol. The van der Waals surface area contributed by atoms with Crippen molar-refractivity contribution in [3.63, 3.8) is 0 Å². The lowest BCUT2D eigenvalue weighted by Crippen LogP contribution is -2.15. The van der Waals surface area contributed by atoms with Crippen LogP contribution in [0.5, 0.6) is 11.5 Å². The molecule has 0 aliphatic heterocycles. The molecule has 30 heavy (non-hydrogen) atoms. The number of amides is 1. The molecule has 1 heterocycles. The number of hydrogen-bond donors (Lipinski definition) is 1. The summed E-state index contributed by atoms with van der Waals surface area (Å²) in [6.07, 6.45) is 0.847. The van der Waals surface area contributed by atoms with Crippen molar-refractivity contribution >= 4 is 27.5 Å². The molecule has 1 aromatic heterocycles. The largest absolute Gasteiger partial charge is 0.456 e. The number of hydrogen-bond acceptors (Lipinski definition) is 4. The topological polar surface area (TPSA) is 60.5 Å². The SMILES string of the molecule is CCCOC(C)c1ccc(C(=O)Nc2cccc(Oc3ccccc3Br)c2)c(C)n1. The van der Waals surface area contributed by atoms with E-state index in [4.69, 9.17) is 9.47 Å². The predicted molar refractivity (Wildman–Crippen MR) is 122 cm³/mol. The number of anilines is 1. The Morgan fingerprint density at radius 1 is 1.13 bits per heavy atom. The number of nitrogens with zero attached hydrogens (tertiary/aromatic N) is 1. The lowest BCUT2D eigenvalue weighted by molar-refractivity contribution is 0.0632. The van der Waals surface area contributed by atoms with Gasteiger partial charge in [0.1, 0.15) is 11.5 Å². The van der Waals surface area contributed by atoms with Gasteiger partial charge in [0.15, 0.2) is 0 Å². The van der Waals surface area contributed by atoms with E-state index in [9.17, 15) is 4.79 Å². The number of nitrogens with one attached hydrogen (secondary N) is 1. The Morgan fingerprint density at radius 3 is 2.67 bits per heavy atom. The molecule has 0 saturated heterocycles. The zero-order valence-electron chi connectivity index (χ0n) is 17.3. The van der Waals surface area contributed by atoms with Crippen molar-refractivity contribution in [2.45, 2.75) is 33.3 Å². The molecular formula is C24H25BrN2O3. The third kappa shape index (κ3) is 5.68. The average molecular weight is 469 g/mol. The Labute approximate surface area is 185 Å². The lowest BCUT2D eigenvalue weighted by Gasteiger charge is -2.14. The minimum absolute atomic E-state index is 0.105. The Bertz CT molecular complexity index is 1020. The number of para-hydroxylation sites is 1. The molecule has 3 rings (SSSR count). The molecule has 156 valence electrons. The van der Waals surface area contributed by atoms with Crippen LogP contribution in [0.1, 0.15) is 48.1 Å². The molecule has 2 aromatic carbocycles. The summed E-state index contributed by atoms with van der Waals surface area (Å²) in [5.41, 5.74) is 2.66. The van der Waals surface area contributed by atoms with Gasteiger partial charge in [-0.2, -0.15) is 0 Å². The Morgan fingerprint density at radius 2 is 1.93 bits per heavy atom. The number of pyridine rings is 1. The number of carbonyl (C=O) groups is 1. The molecule has 0 fully saturated rings. The van der Waals surface area contributed by atoms with Crippen molar-refractivity contribution in [1.82, 2.24) is 4.98 Å². The molecule has 0 aliphatic carbocycles. The smallest absolute Gasteiger partial charge is 0.257 e. The van der Waals surface area contributed by atoms with Gasteiger partial charge in [0.2, 0.25) is 0 Å². The minimum Gasteiger partial charge on any atom is -0.456 e. The molecule has 1 N–H and O–H groups in total. The summed E-state index contributed by atoms with van der Waals surface area (Å²) in [6.45, 7) is 6.55. The van der Waals surface area contributed by atoms with Crippen LogP contribution in [0.25, 0.3) is 0 Å². The van der Waals surface area contributed by atoms with Gasteiger partial charge in [-0.05, 0) is 72.6 Å². The molecule has 6 heteroatoms. The molecule has 3 aromatic rings. The maximum absolute atomic E-state index is 12.8. The highest BCUT2D eigenvalue weighted by atomic mass is 79.9. The van der Waals surface area contributed by atoms with Crippen LogP contribution in [0.2, 0.25) is 0 Å². The van der Waals surface area contributed by atoms with Gasteiger partial charge in [0.05, 0.1) is 27.5 Å². The van der Waals surface area contributed by atoms with Crippen molar-refractivity contribution < 1.29 is 14.3 Å². The first kappa shape index (κ1) is 22.0. The highest BCUT2D eigenvalue weighted by Gasteiger charge is 2.14. The van der Waals surface area contributed by atoms with E-state index in [0.717, 1.165) is 16.6 Å². The van der Waals surface area contributed by atoms with Crippen molar-refractivity contribution in [2.75, 3.05) is 11.9 Å². The molecule has 5 nitrogen and oxygen atoms in total. The summed E-state index contributed by atoms with van der Waals surface area (Å²) in [7, 11) is 0. The number of aromatic nitrogens is 1. The number of carbonyl (C=O) groups excluding carboxylic acids is 1. The van der Waals surface area contributed by atoms with Gasteiger partial charge in [-0.1, -0.05) is 25.1 Å². The van der Waals surface area contributed by atoms with E-state index in [1.54, 1.807) is 12.1 Å². The maximum atomic E-state index is 12.8. The normalized spacial score (nSPS) is 11.7. The summed E-state index contributed by atoms with van der Waals surface area (Å²) < 4.78 is 12.5. The summed E-state index contributed by atoms with van der Waals surface area (Å²) >= 11 is 3.47. The molecule has 1 amide bonds. The number of halogens is 1. The van der Waals surface area contributed by atoms with Gasteiger partial charge in [-0.15, -0.1) is 0 Å². The Kier molecular flexibility index (Phi) is 7.60. The molecule has 0 saturated carbocycles. The van der Waals surface area contributed by atoms with E-state index in [0.29, 0.717) is 35.1 Å².